The van der Waals surface area contributed by atoms with E-state index in [1.54, 1.807) is 0 Å². The van der Waals surface area contributed by atoms with Gasteiger partial charge in [-0.2, -0.15) is 0 Å². The first-order chi connectivity index (χ1) is 49.4. The van der Waals surface area contributed by atoms with Crippen molar-refractivity contribution in [1.29, 1.82) is 0 Å². The molecule has 0 saturated carbocycles. The Morgan fingerprint density at radius 2 is 0.286 bits per heavy atom. The van der Waals surface area contributed by atoms with Crippen LogP contribution in [0.2, 0.25) is 0 Å². The maximum atomic E-state index is 14.2. The molecular weight excluding hydrogens is 1400 g/mol. The fourth-order valence-corrected chi connectivity index (χ4v) is 25.9. The van der Waals surface area contributed by atoms with Gasteiger partial charge in [-0.1, -0.05) is 166 Å². The summed E-state index contributed by atoms with van der Waals surface area (Å²) < 4.78 is 24.7. The van der Waals surface area contributed by atoms with Crippen LogP contribution in [0.1, 0.15) is 500 Å². The molecule has 9 heteroatoms. The summed E-state index contributed by atoms with van der Waals surface area (Å²) >= 11 is -6.05. The van der Waals surface area contributed by atoms with Gasteiger partial charge < -0.3 is 0 Å². The Bertz CT molecular complexity index is 1700. The third-order valence-corrected chi connectivity index (χ3v) is 27.9. The van der Waals surface area contributed by atoms with Gasteiger partial charge in [0.25, 0.3) is 0 Å². The predicted octanol–water partition coefficient (Wildman–Crippen LogP) is 31.7. The van der Waals surface area contributed by atoms with Gasteiger partial charge in [0.15, 0.2) is 0 Å². The molecule has 0 saturated heterocycles. The molecule has 0 fully saturated rings. The van der Waals surface area contributed by atoms with E-state index in [1.807, 2.05) is 0 Å². The molecule has 0 aliphatic heterocycles. The Morgan fingerprint density at radius 3 is 0.400 bits per heavy atom. The van der Waals surface area contributed by atoms with Gasteiger partial charge in [0.2, 0.25) is 0 Å². The van der Waals surface area contributed by atoms with Gasteiger partial charge >= 0.3 is 332 Å². The summed E-state index contributed by atoms with van der Waals surface area (Å²) in [7, 11) is 0. The van der Waals surface area contributed by atoms with Crippen molar-refractivity contribution < 1.29 is 31.5 Å². The van der Waals surface area contributed by atoms with Crippen molar-refractivity contribution in [2.24, 2.45) is 92.7 Å². The minimum atomic E-state index is -6.05. The van der Waals surface area contributed by atoms with Crippen molar-refractivity contribution in [3.63, 3.8) is 0 Å². The first-order valence-corrected chi connectivity index (χ1v) is 50.9. The van der Waals surface area contributed by atoms with E-state index in [9.17, 15) is 19.2 Å². The van der Waals surface area contributed by atoms with Crippen molar-refractivity contribution >= 4 is 43.9 Å². The van der Waals surface area contributed by atoms with E-state index in [1.165, 1.54) is 205 Å². The molecule has 0 aromatic carbocycles. The summed E-state index contributed by atoms with van der Waals surface area (Å²) in [5.41, 5.74) is 1.75. The topological polar surface area (TPSA) is 105 Å². The molecule has 0 bridgehead atoms. The first-order valence-electron chi connectivity index (χ1n) is 46.3. The van der Waals surface area contributed by atoms with Gasteiger partial charge in [0.1, 0.15) is 0 Å². The summed E-state index contributed by atoms with van der Waals surface area (Å²) in [6, 6.07) is 0. The number of unbranched alkanes of at least 4 members (excludes halogenated alkanes) is 28. The van der Waals surface area contributed by atoms with Crippen LogP contribution >= 0.6 is 0 Å². The average Bonchev–Trinajstić information content (AvgIpc) is 0.681. The minimum Gasteiger partial charge on any atom is -0.0628 e. The second-order valence-electron chi connectivity index (χ2n) is 40.9. The fourth-order valence-electron chi connectivity index (χ4n) is 20.8. The molecule has 8 nitrogen and oxygen atoms in total. The monoisotopic (exact) mass is 1590 g/mol. The van der Waals surface area contributed by atoms with Crippen LogP contribution in [-0.4, -0.2) is 43.9 Å². The van der Waals surface area contributed by atoms with Crippen molar-refractivity contribution in [2.45, 2.75) is 500 Å². The van der Waals surface area contributed by atoms with Crippen LogP contribution in [0.3, 0.4) is 0 Å². The third kappa shape index (κ3) is 57.4. The molecule has 0 aliphatic rings. The SMILES string of the molecule is CC(C)CC(CCCCCCCCCCC(=O)[O][Sn]([O]C(=O)CCCCCCCCCCC(CC(C)C)(CC(C)C)CC(C)C)([O]C(=O)CCCCCCCCCCC(CC(C)C)(CC(C)C)CC(C)C)[O]C(=O)CCCCCCCCCCC(CC(C)C)(CC(C)C)CC(C)C)(CC(C)C)CC(C)C. The molecule has 0 rings (SSSR count). The average molecular weight is 1590 g/mol. The van der Waals surface area contributed by atoms with Crippen LogP contribution in [0, 0.1) is 92.7 Å². The molecule has 0 spiro atoms. The Kier molecular flexibility index (Phi) is 59.5. The Morgan fingerprint density at radius 1 is 0.181 bits per heavy atom. The van der Waals surface area contributed by atoms with Crippen LogP contribution in [-0.2, 0) is 31.5 Å². The Hall–Kier alpha value is -1.32. The van der Waals surface area contributed by atoms with Crippen LogP contribution in [0.4, 0.5) is 0 Å². The molecule has 0 heterocycles. The summed E-state index contributed by atoms with van der Waals surface area (Å²) in [5, 5.41) is 0. The van der Waals surface area contributed by atoms with Gasteiger partial charge in [-0.15, -0.1) is 0 Å². The second-order valence-corrected chi connectivity index (χ2v) is 46.1. The van der Waals surface area contributed by atoms with Gasteiger partial charge in [0, 0.05) is 0 Å². The standard InChI is InChI=1S/4C24H48O2.Sn/c4*1-20(2)17-24(18-21(3)4,19-22(5)6)16-14-12-10-8-7-9-11-13-15-23(25)26;/h4*20-22H,7-19H2,1-6H3,(H,25,26);/q;;;;+4/p-4. The zero-order valence-corrected chi connectivity index (χ0v) is 78.3. The number of hydrogen-bond acceptors (Lipinski definition) is 8. The quantitative estimate of drug-likeness (QED) is 0.0438. The number of carbonyl (C=O) groups is 4. The first kappa shape index (κ1) is 104. The maximum absolute atomic E-state index is 14.2. The number of rotatable bonds is 72. The molecule has 0 amide bonds. The van der Waals surface area contributed by atoms with Gasteiger partial charge in [-0.3, -0.25) is 0 Å². The van der Waals surface area contributed by atoms with Crippen molar-refractivity contribution in [3.05, 3.63) is 0 Å². The van der Waals surface area contributed by atoms with Gasteiger partial charge in [-0.05, 0) is 170 Å². The van der Waals surface area contributed by atoms with E-state index in [0.29, 0.717) is 118 Å². The van der Waals surface area contributed by atoms with E-state index in [-0.39, 0.29) is 25.7 Å². The molecule has 0 radical (unpaired) electrons. The molecule has 0 N–H and O–H groups in total. The molecule has 0 aromatic heterocycles. The van der Waals surface area contributed by atoms with E-state index >= 15 is 0 Å². The van der Waals surface area contributed by atoms with Crippen LogP contribution < -0.4 is 0 Å². The third-order valence-electron chi connectivity index (χ3n) is 22.4. The Labute approximate surface area is 663 Å². The fraction of sp³-hybridized carbons (Fsp3) is 0.958. The number of hydrogen-bond donors (Lipinski definition) is 0. The van der Waals surface area contributed by atoms with E-state index in [4.69, 9.17) is 12.3 Å². The molecule has 0 atom stereocenters. The smallest absolute Gasteiger partial charge is 0.0628 e. The predicted molar refractivity (Wildman–Crippen MR) is 458 cm³/mol. The Balaban J connectivity index is 6.35. The van der Waals surface area contributed by atoms with Crippen molar-refractivity contribution in [3.8, 4) is 0 Å². The van der Waals surface area contributed by atoms with Crippen molar-refractivity contribution in [1.82, 2.24) is 0 Å². The van der Waals surface area contributed by atoms with Crippen LogP contribution in [0.15, 0.2) is 0 Å². The zero-order valence-electron chi connectivity index (χ0n) is 75.5. The van der Waals surface area contributed by atoms with E-state index < -0.39 is 43.9 Å². The van der Waals surface area contributed by atoms with Gasteiger partial charge in [-0.25, -0.2) is 0 Å². The molecule has 0 aliphatic carbocycles. The summed E-state index contributed by atoms with van der Waals surface area (Å²) in [6.45, 7) is 57.5. The zero-order chi connectivity index (χ0) is 79.3. The molecular formula is C96H188O8Sn. The molecule has 624 valence electrons. The van der Waals surface area contributed by atoms with Crippen molar-refractivity contribution in [2.75, 3.05) is 0 Å². The normalized spacial score (nSPS) is 13.1. The minimum absolute atomic E-state index is 0.0765. The summed E-state index contributed by atoms with van der Waals surface area (Å²) in [4.78, 5) is 56.6. The molecule has 105 heavy (non-hydrogen) atoms. The summed E-state index contributed by atoms with van der Waals surface area (Å²) in [5.74, 6) is 6.05. The summed E-state index contributed by atoms with van der Waals surface area (Å²) in [6.07, 6.45) is 55.6. The van der Waals surface area contributed by atoms with Crippen LogP contribution in [0.5, 0.6) is 0 Å². The van der Waals surface area contributed by atoms with Gasteiger partial charge in [0.05, 0.1) is 0 Å². The number of carbonyl (C=O) groups excluding carboxylic acids is 4. The van der Waals surface area contributed by atoms with E-state index in [2.05, 4.69) is 166 Å². The second kappa shape index (κ2) is 60.3. The van der Waals surface area contributed by atoms with E-state index in [0.717, 1.165) is 77.0 Å². The molecule has 0 aromatic rings. The molecule has 0 unspecified atom stereocenters. The van der Waals surface area contributed by atoms with Crippen LogP contribution in [0.25, 0.3) is 0 Å².